The van der Waals surface area contributed by atoms with E-state index in [1.54, 1.807) is 6.92 Å². The second-order valence-electron chi connectivity index (χ2n) is 6.31. The van der Waals surface area contributed by atoms with E-state index < -0.39 is 0 Å². The second-order valence-corrected chi connectivity index (χ2v) is 7.22. The molecule has 0 radical (unpaired) electrons. The first-order chi connectivity index (χ1) is 8.12. The molecule has 98 valence electrons. The van der Waals surface area contributed by atoms with Crippen molar-refractivity contribution < 1.29 is 9.53 Å². The molecule has 0 N–H and O–H groups in total. The first-order valence-electron chi connectivity index (χ1n) is 6.16. The molecule has 3 heteroatoms. The average molecular weight is 311 g/mol. The van der Waals surface area contributed by atoms with Gasteiger partial charge in [-0.1, -0.05) is 29.8 Å². The van der Waals surface area contributed by atoms with E-state index in [2.05, 4.69) is 49.7 Å². The zero-order chi connectivity index (χ0) is 13.7. The van der Waals surface area contributed by atoms with Crippen molar-refractivity contribution >= 4 is 21.7 Å². The number of benzene rings is 1. The van der Waals surface area contributed by atoms with Crippen molar-refractivity contribution in [3.8, 4) is 5.75 Å². The van der Waals surface area contributed by atoms with Crippen molar-refractivity contribution in [2.45, 2.75) is 52.1 Å². The molecule has 0 atom stereocenters. The summed E-state index contributed by atoms with van der Waals surface area (Å²) >= 11 is 3.48. The lowest BCUT2D eigenvalue weighted by Crippen LogP contribution is -2.41. The van der Waals surface area contributed by atoms with Crippen molar-refractivity contribution in [1.82, 2.24) is 0 Å². The summed E-state index contributed by atoms with van der Waals surface area (Å²) in [6.07, 6.45) is 0.931. The molecule has 0 amide bonds. The van der Waals surface area contributed by atoms with E-state index in [0.717, 1.165) is 22.2 Å². The summed E-state index contributed by atoms with van der Waals surface area (Å²) in [6, 6.07) is 3.91. The summed E-state index contributed by atoms with van der Waals surface area (Å²) in [5, 5.41) is 0. The molecule has 0 aromatic heterocycles. The van der Waals surface area contributed by atoms with Crippen LogP contribution >= 0.6 is 15.9 Å². The van der Waals surface area contributed by atoms with Gasteiger partial charge in [-0.2, -0.15) is 0 Å². The predicted molar refractivity (Wildman–Crippen MR) is 76.5 cm³/mol. The van der Waals surface area contributed by atoms with Gasteiger partial charge in [-0.05, 0) is 44.7 Å². The Morgan fingerprint density at radius 1 is 1.28 bits per heavy atom. The first kappa shape index (κ1) is 13.6. The van der Waals surface area contributed by atoms with Crippen LogP contribution in [0.4, 0.5) is 0 Å². The van der Waals surface area contributed by atoms with Crippen LogP contribution in [0.3, 0.4) is 0 Å². The Kier molecular flexibility index (Phi) is 3.09. The van der Waals surface area contributed by atoms with Gasteiger partial charge in [-0.25, -0.2) is 0 Å². The van der Waals surface area contributed by atoms with Crippen LogP contribution < -0.4 is 4.74 Å². The predicted octanol–water partition coefficient (Wildman–Crippen LogP) is 4.49. The maximum Gasteiger partial charge on any atom is 0.163 e. The highest BCUT2D eigenvalue weighted by Gasteiger charge is 2.40. The van der Waals surface area contributed by atoms with Gasteiger partial charge in [0.25, 0.3) is 0 Å². The molecule has 0 bridgehead atoms. The van der Waals surface area contributed by atoms with E-state index in [0.29, 0.717) is 5.56 Å². The number of carbonyl (C=O) groups is 1. The van der Waals surface area contributed by atoms with Gasteiger partial charge in [0.1, 0.15) is 11.4 Å². The molecular weight excluding hydrogens is 292 g/mol. The molecule has 2 rings (SSSR count). The third-order valence-electron chi connectivity index (χ3n) is 3.41. The maximum absolute atomic E-state index is 11.8. The zero-order valence-electron chi connectivity index (χ0n) is 11.6. The number of halogens is 1. The molecule has 0 saturated heterocycles. The normalized spacial score (nSPS) is 19.9. The lowest BCUT2D eigenvalue weighted by atomic mass is 9.73. The van der Waals surface area contributed by atoms with Gasteiger partial charge >= 0.3 is 0 Å². The molecule has 2 nitrogen and oxygen atoms in total. The molecule has 1 aliphatic heterocycles. The topological polar surface area (TPSA) is 26.3 Å². The molecular formula is C15H19BrO2. The van der Waals surface area contributed by atoms with Crippen LogP contribution in [0.1, 0.15) is 57.0 Å². The van der Waals surface area contributed by atoms with Gasteiger partial charge in [0.05, 0.1) is 5.56 Å². The molecule has 18 heavy (non-hydrogen) atoms. The number of Topliss-reactive ketones (excluding diaryl/α,β-unsaturated/α-hetero) is 1. The van der Waals surface area contributed by atoms with Crippen LogP contribution in [0.25, 0.3) is 0 Å². The fourth-order valence-electron chi connectivity index (χ4n) is 2.94. The fourth-order valence-corrected chi connectivity index (χ4v) is 3.40. The Bertz CT molecular complexity index is 515. The molecule has 0 spiro atoms. The summed E-state index contributed by atoms with van der Waals surface area (Å²) in [4.78, 5) is 11.8. The smallest absolute Gasteiger partial charge is 0.163 e. The van der Waals surface area contributed by atoms with Gasteiger partial charge in [0.15, 0.2) is 5.78 Å². The summed E-state index contributed by atoms with van der Waals surface area (Å²) in [5.41, 5.74) is 1.54. The second kappa shape index (κ2) is 4.09. The number of carbonyl (C=O) groups excluding carboxylic acids is 1. The van der Waals surface area contributed by atoms with Crippen LogP contribution in [0, 0.1) is 0 Å². The molecule has 1 aromatic rings. The van der Waals surface area contributed by atoms with Crippen LogP contribution in [0.2, 0.25) is 0 Å². The van der Waals surface area contributed by atoms with Crippen molar-refractivity contribution in [3.05, 3.63) is 27.7 Å². The van der Waals surface area contributed by atoms with Gasteiger partial charge in [0.2, 0.25) is 0 Å². The Morgan fingerprint density at radius 2 is 1.89 bits per heavy atom. The minimum atomic E-state index is -0.242. The van der Waals surface area contributed by atoms with E-state index in [9.17, 15) is 4.79 Å². The van der Waals surface area contributed by atoms with E-state index >= 15 is 0 Å². The molecule has 1 aliphatic rings. The van der Waals surface area contributed by atoms with E-state index in [1.807, 2.05) is 6.07 Å². The summed E-state index contributed by atoms with van der Waals surface area (Å²) in [7, 11) is 0. The number of ketones is 1. The first-order valence-corrected chi connectivity index (χ1v) is 6.96. The van der Waals surface area contributed by atoms with Crippen molar-refractivity contribution in [2.75, 3.05) is 0 Å². The molecule has 0 unspecified atom stereocenters. The Labute approximate surface area is 117 Å². The zero-order valence-corrected chi connectivity index (χ0v) is 13.1. The highest BCUT2D eigenvalue weighted by Crippen LogP contribution is 2.47. The largest absolute Gasteiger partial charge is 0.487 e. The lowest BCUT2D eigenvalue weighted by Gasteiger charge is -2.43. The number of hydrogen-bond donors (Lipinski definition) is 0. The third kappa shape index (κ3) is 2.33. The van der Waals surface area contributed by atoms with Crippen LogP contribution in [-0.4, -0.2) is 11.4 Å². The lowest BCUT2D eigenvalue weighted by molar-refractivity contribution is 0.0519. The summed E-state index contributed by atoms with van der Waals surface area (Å²) in [5.74, 6) is 0.799. The number of ether oxygens (including phenoxy) is 1. The highest BCUT2D eigenvalue weighted by atomic mass is 79.9. The number of hydrogen-bond acceptors (Lipinski definition) is 2. The van der Waals surface area contributed by atoms with E-state index in [-0.39, 0.29) is 16.8 Å². The van der Waals surface area contributed by atoms with Gasteiger partial charge in [-0.3, -0.25) is 4.79 Å². The summed E-state index contributed by atoms with van der Waals surface area (Å²) < 4.78 is 6.99. The van der Waals surface area contributed by atoms with Crippen LogP contribution in [-0.2, 0) is 5.41 Å². The van der Waals surface area contributed by atoms with E-state index in [4.69, 9.17) is 4.74 Å². The fraction of sp³-hybridized carbons (Fsp3) is 0.533. The Balaban J connectivity index is 2.72. The van der Waals surface area contributed by atoms with E-state index in [1.165, 1.54) is 0 Å². The monoisotopic (exact) mass is 310 g/mol. The van der Waals surface area contributed by atoms with Crippen LogP contribution in [0.15, 0.2) is 16.6 Å². The third-order valence-corrected chi connectivity index (χ3v) is 3.87. The molecule has 0 saturated carbocycles. The van der Waals surface area contributed by atoms with Gasteiger partial charge < -0.3 is 4.74 Å². The number of fused-ring (bicyclic) bond motifs is 1. The molecule has 1 heterocycles. The SMILES string of the molecule is CC(=O)c1cc(Br)cc2c1OC(C)(C)CC2(C)C. The minimum absolute atomic E-state index is 0.00502. The average Bonchev–Trinajstić information content (AvgIpc) is 2.15. The summed E-state index contributed by atoms with van der Waals surface area (Å²) in [6.45, 7) is 10.1. The quantitative estimate of drug-likeness (QED) is 0.714. The molecule has 1 aromatic carbocycles. The Morgan fingerprint density at radius 3 is 2.44 bits per heavy atom. The van der Waals surface area contributed by atoms with Crippen molar-refractivity contribution in [3.63, 3.8) is 0 Å². The minimum Gasteiger partial charge on any atom is -0.487 e. The maximum atomic E-state index is 11.8. The van der Waals surface area contributed by atoms with Crippen molar-refractivity contribution in [1.29, 1.82) is 0 Å². The van der Waals surface area contributed by atoms with Gasteiger partial charge in [0, 0.05) is 10.0 Å². The standard InChI is InChI=1S/C15H19BrO2/c1-9(17)11-6-10(16)7-12-13(11)18-15(4,5)8-14(12,2)3/h6-7H,8H2,1-5H3. The molecule has 0 aliphatic carbocycles. The van der Waals surface area contributed by atoms with Crippen LogP contribution in [0.5, 0.6) is 5.75 Å². The number of rotatable bonds is 1. The highest BCUT2D eigenvalue weighted by molar-refractivity contribution is 9.10. The van der Waals surface area contributed by atoms with Crippen molar-refractivity contribution in [2.24, 2.45) is 0 Å². The Hall–Kier alpha value is -0.830. The van der Waals surface area contributed by atoms with Gasteiger partial charge in [-0.15, -0.1) is 0 Å². The molecule has 0 fully saturated rings.